The lowest BCUT2D eigenvalue weighted by atomic mass is 9.94. The largest absolute Gasteiger partial charge is 0.393 e. The fourth-order valence-electron chi connectivity index (χ4n) is 3.44. The van der Waals surface area contributed by atoms with Gasteiger partial charge in [-0.3, -0.25) is 9.59 Å². The molecule has 0 bridgehead atoms. The molecule has 1 fully saturated rings. The van der Waals surface area contributed by atoms with Crippen LogP contribution in [0.5, 0.6) is 0 Å². The molecule has 0 aliphatic carbocycles. The third-order valence-electron chi connectivity index (χ3n) is 5.21. The highest BCUT2D eigenvalue weighted by molar-refractivity contribution is 5.89. The van der Waals surface area contributed by atoms with Gasteiger partial charge in [0.2, 0.25) is 0 Å². The van der Waals surface area contributed by atoms with Crippen molar-refractivity contribution in [3.8, 4) is 0 Å². The Balaban J connectivity index is 1.91. The first kappa shape index (κ1) is 23.1. The maximum atomic E-state index is 11.5. The summed E-state index contributed by atoms with van der Waals surface area (Å²) in [6.07, 6.45) is 13.2. The molecule has 1 heterocycles. The molecule has 6 nitrogen and oxygen atoms in total. The number of carbonyl (C=O) groups excluding carboxylic acids is 2. The lowest BCUT2D eigenvalue weighted by molar-refractivity contribution is -0.355. The molecule has 1 aliphatic rings. The Labute approximate surface area is 157 Å². The quantitative estimate of drug-likeness (QED) is 0.184. The predicted octanol–water partition coefficient (Wildman–Crippen LogP) is 4.35. The molecule has 152 valence electrons. The molecule has 1 aliphatic heterocycles. The van der Waals surface area contributed by atoms with Gasteiger partial charge in [-0.15, -0.1) is 0 Å². The van der Waals surface area contributed by atoms with Gasteiger partial charge in [-0.05, 0) is 19.3 Å². The van der Waals surface area contributed by atoms with Crippen LogP contribution in [0.25, 0.3) is 0 Å². The topological polar surface area (TPSA) is 71.1 Å². The van der Waals surface area contributed by atoms with E-state index in [9.17, 15) is 9.59 Å². The number of methoxy groups -OCH3 is 3. The number of ether oxygens (including phenoxy) is 4. The summed E-state index contributed by atoms with van der Waals surface area (Å²) < 4.78 is 20.5. The molecule has 0 aromatic rings. The molecule has 0 saturated carbocycles. The van der Waals surface area contributed by atoms with Gasteiger partial charge in [-0.1, -0.05) is 51.4 Å². The second-order valence-corrected chi connectivity index (χ2v) is 7.04. The lowest BCUT2D eigenvalue weighted by Gasteiger charge is -2.28. The maximum Gasteiger partial charge on any atom is 0.316 e. The van der Waals surface area contributed by atoms with Crippen LogP contribution in [0.15, 0.2) is 0 Å². The van der Waals surface area contributed by atoms with Crippen molar-refractivity contribution < 1.29 is 28.5 Å². The van der Waals surface area contributed by atoms with Gasteiger partial charge in [0.05, 0.1) is 5.92 Å². The normalized spacial score (nSPS) is 18.2. The van der Waals surface area contributed by atoms with Crippen molar-refractivity contribution in [2.45, 2.75) is 89.4 Å². The van der Waals surface area contributed by atoms with Crippen molar-refractivity contribution in [2.75, 3.05) is 21.3 Å². The smallest absolute Gasteiger partial charge is 0.316 e. The zero-order chi connectivity index (χ0) is 19.3. The lowest BCUT2D eigenvalue weighted by Crippen LogP contribution is -2.35. The van der Waals surface area contributed by atoms with Crippen LogP contribution in [0.4, 0.5) is 0 Å². The highest BCUT2D eigenvalue weighted by Gasteiger charge is 2.29. The first-order chi connectivity index (χ1) is 12.6. The Morgan fingerprint density at radius 3 is 1.85 bits per heavy atom. The number of hydrogen-bond donors (Lipinski definition) is 0. The second kappa shape index (κ2) is 13.2. The van der Waals surface area contributed by atoms with Crippen molar-refractivity contribution >= 4 is 11.9 Å². The van der Waals surface area contributed by atoms with E-state index < -0.39 is 5.97 Å². The zero-order valence-corrected chi connectivity index (χ0v) is 16.7. The molecular weight excluding hydrogens is 336 g/mol. The van der Waals surface area contributed by atoms with E-state index >= 15 is 0 Å². The molecule has 1 atom stereocenters. The third kappa shape index (κ3) is 8.60. The summed E-state index contributed by atoms with van der Waals surface area (Å²) in [7, 11) is 4.80. The van der Waals surface area contributed by atoms with Crippen LogP contribution < -0.4 is 0 Å². The number of carbonyl (C=O) groups is 2. The fourth-order valence-corrected chi connectivity index (χ4v) is 3.44. The molecule has 6 heteroatoms. The molecule has 1 saturated heterocycles. The summed E-state index contributed by atoms with van der Waals surface area (Å²) in [6.45, 7) is 0. The first-order valence-electron chi connectivity index (χ1n) is 9.97. The van der Waals surface area contributed by atoms with Crippen molar-refractivity contribution in [1.82, 2.24) is 0 Å². The Hall–Kier alpha value is -0.980. The molecular formula is C20H36O6. The van der Waals surface area contributed by atoms with Gasteiger partial charge < -0.3 is 18.9 Å². The standard InChI is InChI=1S/C20H36O6/c1-23-20(24-2,25-3)16-12-10-8-6-4-5-7-9-11-13-17-14-15-18(21)26-19(17)22/h17H,4-16H2,1-3H3. The van der Waals surface area contributed by atoms with Gasteiger partial charge >= 0.3 is 11.9 Å². The van der Waals surface area contributed by atoms with Gasteiger partial charge in [-0.25, -0.2) is 0 Å². The van der Waals surface area contributed by atoms with Crippen molar-refractivity contribution in [2.24, 2.45) is 5.92 Å². The van der Waals surface area contributed by atoms with Gasteiger partial charge in [-0.2, -0.15) is 0 Å². The minimum Gasteiger partial charge on any atom is -0.393 e. The summed E-state index contributed by atoms with van der Waals surface area (Å²) in [5, 5.41) is 0. The number of rotatable bonds is 15. The molecule has 1 rings (SSSR count). The Morgan fingerprint density at radius 2 is 1.35 bits per heavy atom. The van der Waals surface area contributed by atoms with E-state index in [0.29, 0.717) is 12.8 Å². The fraction of sp³-hybridized carbons (Fsp3) is 0.900. The summed E-state index contributed by atoms with van der Waals surface area (Å²) in [5.41, 5.74) is 0. The van der Waals surface area contributed by atoms with E-state index in [2.05, 4.69) is 4.74 Å². The van der Waals surface area contributed by atoms with Gasteiger partial charge in [0.25, 0.3) is 5.97 Å². The monoisotopic (exact) mass is 372 g/mol. The molecule has 1 unspecified atom stereocenters. The number of esters is 2. The molecule has 26 heavy (non-hydrogen) atoms. The van der Waals surface area contributed by atoms with Crippen LogP contribution in [0, 0.1) is 5.92 Å². The van der Waals surface area contributed by atoms with E-state index in [4.69, 9.17) is 14.2 Å². The molecule has 0 spiro atoms. The summed E-state index contributed by atoms with van der Waals surface area (Å²) in [4.78, 5) is 22.5. The van der Waals surface area contributed by atoms with Crippen molar-refractivity contribution in [3.05, 3.63) is 0 Å². The van der Waals surface area contributed by atoms with Crippen LogP contribution in [0.3, 0.4) is 0 Å². The second-order valence-electron chi connectivity index (χ2n) is 7.04. The molecule has 0 N–H and O–H groups in total. The van der Waals surface area contributed by atoms with E-state index in [-0.39, 0.29) is 17.9 Å². The summed E-state index contributed by atoms with van der Waals surface area (Å²) >= 11 is 0. The minimum absolute atomic E-state index is 0.0638. The van der Waals surface area contributed by atoms with Gasteiger partial charge in [0, 0.05) is 34.2 Å². The highest BCUT2D eigenvalue weighted by atomic mass is 16.9. The third-order valence-corrected chi connectivity index (χ3v) is 5.21. The first-order valence-corrected chi connectivity index (χ1v) is 9.97. The van der Waals surface area contributed by atoms with E-state index in [1.165, 1.54) is 32.1 Å². The van der Waals surface area contributed by atoms with E-state index in [0.717, 1.165) is 38.5 Å². The zero-order valence-electron chi connectivity index (χ0n) is 16.7. The average Bonchev–Trinajstić information content (AvgIpc) is 2.65. The van der Waals surface area contributed by atoms with Crippen LogP contribution in [-0.4, -0.2) is 39.2 Å². The summed E-state index contributed by atoms with van der Waals surface area (Å²) in [5.74, 6) is -1.65. The van der Waals surface area contributed by atoms with Crippen LogP contribution in [0.1, 0.15) is 83.5 Å². The predicted molar refractivity (Wildman–Crippen MR) is 98.4 cm³/mol. The Morgan fingerprint density at radius 1 is 0.846 bits per heavy atom. The van der Waals surface area contributed by atoms with Crippen LogP contribution in [-0.2, 0) is 28.5 Å². The Kier molecular flexibility index (Phi) is 11.7. The van der Waals surface area contributed by atoms with Crippen molar-refractivity contribution in [1.29, 1.82) is 0 Å². The SMILES string of the molecule is COC(CCCCCCCCCCCC1CCC(=O)OC1=O)(OC)OC. The number of hydrogen-bond acceptors (Lipinski definition) is 6. The van der Waals surface area contributed by atoms with E-state index in [1.54, 1.807) is 21.3 Å². The Bertz CT molecular complexity index is 397. The maximum absolute atomic E-state index is 11.5. The van der Waals surface area contributed by atoms with Crippen LogP contribution >= 0.6 is 0 Å². The minimum atomic E-state index is -0.891. The van der Waals surface area contributed by atoms with Crippen LogP contribution in [0.2, 0.25) is 0 Å². The number of cyclic esters (lactones) is 2. The van der Waals surface area contributed by atoms with E-state index in [1.807, 2.05) is 0 Å². The highest BCUT2D eigenvalue weighted by Crippen LogP contribution is 2.23. The average molecular weight is 373 g/mol. The molecule has 0 aromatic carbocycles. The van der Waals surface area contributed by atoms with Crippen molar-refractivity contribution in [3.63, 3.8) is 0 Å². The van der Waals surface area contributed by atoms with Gasteiger partial charge in [0.1, 0.15) is 0 Å². The molecule has 0 radical (unpaired) electrons. The number of unbranched alkanes of at least 4 members (excludes halogenated alkanes) is 8. The summed E-state index contributed by atoms with van der Waals surface area (Å²) in [6, 6.07) is 0. The van der Waals surface area contributed by atoms with Gasteiger partial charge in [0.15, 0.2) is 0 Å². The molecule has 0 amide bonds. The molecule has 0 aromatic heterocycles.